The van der Waals surface area contributed by atoms with E-state index in [2.05, 4.69) is 44.2 Å². The smallest absolute Gasteiger partial charge is 0.217 e. The number of fused-ring (bicyclic) bond motifs is 1. The van der Waals surface area contributed by atoms with Gasteiger partial charge in [-0.3, -0.25) is 9.79 Å². The molecule has 3 rings (SSSR count). The fraction of sp³-hybridized carbons (Fsp3) is 0.364. The summed E-state index contributed by atoms with van der Waals surface area (Å²) in [5.74, 6) is 0.291. The van der Waals surface area contributed by atoms with E-state index in [9.17, 15) is 4.79 Å². The summed E-state index contributed by atoms with van der Waals surface area (Å²) >= 11 is 0. The van der Waals surface area contributed by atoms with Crippen molar-refractivity contribution in [1.82, 2.24) is 0 Å². The maximum absolute atomic E-state index is 11.4. The maximum atomic E-state index is 11.4. The van der Waals surface area contributed by atoms with E-state index in [1.807, 2.05) is 24.4 Å². The topological polar surface area (TPSA) is 55.5 Å². The predicted octanol–water partition coefficient (Wildman–Crippen LogP) is 4.66. The minimum absolute atomic E-state index is 0.261. The molecule has 0 fully saturated rings. The molecule has 3 nitrogen and oxygen atoms in total. The summed E-state index contributed by atoms with van der Waals surface area (Å²) in [7, 11) is 0. The Morgan fingerprint density at radius 2 is 1.92 bits per heavy atom. The number of primary amides is 1. The van der Waals surface area contributed by atoms with E-state index in [1.165, 1.54) is 16.7 Å². The van der Waals surface area contributed by atoms with Crippen molar-refractivity contribution in [2.24, 2.45) is 10.7 Å². The van der Waals surface area contributed by atoms with Crippen molar-refractivity contribution in [2.75, 3.05) is 0 Å². The van der Waals surface area contributed by atoms with Crippen LogP contribution < -0.4 is 5.73 Å². The van der Waals surface area contributed by atoms with Crippen molar-refractivity contribution >= 4 is 17.8 Å². The fourth-order valence-electron chi connectivity index (χ4n) is 3.56. The molecule has 130 valence electrons. The summed E-state index contributed by atoms with van der Waals surface area (Å²) in [6.45, 7) is 4.45. The number of nitrogens with zero attached hydrogens (tertiary/aromatic N) is 1. The van der Waals surface area contributed by atoms with Gasteiger partial charge in [0, 0.05) is 18.1 Å². The third-order valence-electron chi connectivity index (χ3n) is 5.43. The molecule has 3 heteroatoms. The van der Waals surface area contributed by atoms with Crippen LogP contribution in [0.25, 0.3) is 0 Å². The van der Waals surface area contributed by atoms with Crippen molar-refractivity contribution < 1.29 is 4.79 Å². The van der Waals surface area contributed by atoms with E-state index in [1.54, 1.807) is 0 Å². The average Bonchev–Trinajstić information content (AvgIpc) is 2.65. The Labute approximate surface area is 150 Å². The molecule has 2 unspecified atom stereocenters. The van der Waals surface area contributed by atoms with Gasteiger partial charge in [-0.05, 0) is 47.9 Å². The molecule has 0 aliphatic carbocycles. The SMILES string of the molecule is CCC(C)c1ccc(C2(CCC(N)=O)C=Nc3ccccc3C2)cc1. The Balaban J connectivity index is 1.97. The molecule has 1 aliphatic rings. The zero-order valence-electron chi connectivity index (χ0n) is 15.0. The van der Waals surface area contributed by atoms with E-state index >= 15 is 0 Å². The maximum Gasteiger partial charge on any atom is 0.217 e. The van der Waals surface area contributed by atoms with E-state index in [0.29, 0.717) is 18.8 Å². The lowest BCUT2D eigenvalue weighted by molar-refractivity contribution is -0.118. The lowest BCUT2D eigenvalue weighted by Gasteiger charge is -2.34. The largest absolute Gasteiger partial charge is 0.370 e. The number of rotatable bonds is 6. The van der Waals surface area contributed by atoms with Crippen molar-refractivity contribution in [3.8, 4) is 0 Å². The Bertz CT molecular complexity index is 779. The highest BCUT2D eigenvalue weighted by molar-refractivity contribution is 5.82. The van der Waals surface area contributed by atoms with Gasteiger partial charge in [-0.15, -0.1) is 0 Å². The molecule has 25 heavy (non-hydrogen) atoms. The average molecular weight is 334 g/mol. The second-order valence-corrected chi connectivity index (χ2v) is 7.12. The number of hydrogen-bond donors (Lipinski definition) is 1. The predicted molar refractivity (Wildman–Crippen MR) is 104 cm³/mol. The molecular formula is C22H26N2O. The number of carbonyl (C=O) groups is 1. The number of nitrogens with two attached hydrogens (primary N) is 1. The molecule has 0 aromatic heterocycles. The molecule has 2 atom stereocenters. The zero-order chi connectivity index (χ0) is 17.9. The summed E-state index contributed by atoms with van der Waals surface area (Å²) < 4.78 is 0. The quantitative estimate of drug-likeness (QED) is 0.820. The summed E-state index contributed by atoms with van der Waals surface area (Å²) in [6, 6.07) is 17.0. The highest BCUT2D eigenvalue weighted by Gasteiger charge is 2.34. The molecule has 2 aromatic rings. The van der Waals surface area contributed by atoms with Gasteiger partial charge in [-0.2, -0.15) is 0 Å². The van der Waals surface area contributed by atoms with Crippen LogP contribution in [0.3, 0.4) is 0 Å². The highest BCUT2D eigenvalue weighted by Crippen LogP contribution is 2.39. The number of aliphatic imine (C=N–C) groups is 1. The van der Waals surface area contributed by atoms with Crippen LogP contribution in [-0.4, -0.2) is 12.1 Å². The van der Waals surface area contributed by atoms with Gasteiger partial charge in [-0.1, -0.05) is 56.3 Å². The second kappa shape index (κ2) is 7.22. The normalized spacial score (nSPS) is 20.1. The molecular weight excluding hydrogens is 308 g/mol. The molecule has 0 saturated carbocycles. The minimum Gasteiger partial charge on any atom is -0.370 e. The van der Waals surface area contributed by atoms with Crippen molar-refractivity contribution in [3.05, 3.63) is 65.2 Å². The highest BCUT2D eigenvalue weighted by atomic mass is 16.1. The van der Waals surface area contributed by atoms with E-state index < -0.39 is 0 Å². The first-order valence-electron chi connectivity index (χ1n) is 9.06. The van der Waals surface area contributed by atoms with E-state index in [0.717, 1.165) is 18.5 Å². The van der Waals surface area contributed by atoms with Gasteiger partial charge in [0.2, 0.25) is 5.91 Å². The van der Waals surface area contributed by atoms with Crippen molar-refractivity contribution in [3.63, 3.8) is 0 Å². The molecule has 1 heterocycles. The third-order valence-corrected chi connectivity index (χ3v) is 5.43. The van der Waals surface area contributed by atoms with E-state index in [-0.39, 0.29) is 11.3 Å². The van der Waals surface area contributed by atoms with Gasteiger partial charge in [0.05, 0.1) is 5.69 Å². The summed E-state index contributed by atoms with van der Waals surface area (Å²) in [5.41, 5.74) is 9.98. The summed E-state index contributed by atoms with van der Waals surface area (Å²) in [5, 5.41) is 0. The van der Waals surface area contributed by atoms with Crippen LogP contribution >= 0.6 is 0 Å². The monoisotopic (exact) mass is 334 g/mol. The second-order valence-electron chi connectivity index (χ2n) is 7.12. The lowest BCUT2D eigenvalue weighted by atomic mass is 9.71. The van der Waals surface area contributed by atoms with Gasteiger partial charge < -0.3 is 5.73 Å². The first kappa shape index (κ1) is 17.4. The van der Waals surface area contributed by atoms with Crippen LogP contribution in [-0.2, 0) is 16.6 Å². The fourth-order valence-corrected chi connectivity index (χ4v) is 3.56. The Hall–Kier alpha value is -2.42. The van der Waals surface area contributed by atoms with Gasteiger partial charge in [0.25, 0.3) is 0 Å². The lowest BCUT2D eigenvalue weighted by Crippen LogP contribution is -2.34. The van der Waals surface area contributed by atoms with Gasteiger partial charge in [-0.25, -0.2) is 0 Å². The Kier molecular flexibility index (Phi) is 5.03. The zero-order valence-corrected chi connectivity index (χ0v) is 15.0. The first-order chi connectivity index (χ1) is 12.0. The molecule has 1 aliphatic heterocycles. The number of hydrogen-bond acceptors (Lipinski definition) is 2. The van der Waals surface area contributed by atoms with Gasteiger partial charge >= 0.3 is 0 Å². The molecule has 2 aromatic carbocycles. The number of benzene rings is 2. The number of carbonyl (C=O) groups excluding carboxylic acids is 1. The van der Waals surface area contributed by atoms with Crippen LogP contribution in [0.2, 0.25) is 0 Å². The minimum atomic E-state index is -0.267. The number of para-hydroxylation sites is 1. The Morgan fingerprint density at radius 3 is 2.60 bits per heavy atom. The van der Waals surface area contributed by atoms with Crippen LogP contribution in [0.15, 0.2) is 53.5 Å². The van der Waals surface area contributed by atoms with Gasteiger partial charge in [0.15, 0.2) is 0 Å². The van der Waals surface area contributed by atoms with Crippen LogP contribution in [0.5, 0.6) is 0 Å². The van der Waals surface area contributed by atoms with Crippen LogP contribution in [0, 0.1) is 0 Å². The van der Waals surface area contributed by atoms with Crippen molar-refractivity contribution in [2.45, 2.75) is 50.9 Å². The first-order valence-corrected chi connectivity index (χ1v) is 9.06. The van der Waals surface area contributed by atoms with Gasteiger partial charge in [0.1, 0.15) is 0 Å². The third kappa shape index (κ3) is 3.65. The molecule has 1 amide bonds. The molecule has 0 spiro atoms. The standard InChI is InChI=1S/C22H26N2O/c1-3-16(2)17-8-10-19(11-9-17)22(13-12-21(23)25)14-18-6-4-5-7-20(18)24-15-22/h4-11,15-16H,3,12-14H2,1-2H3,(H2,23,25). The number of amides is 1. The van der Waals surface area contributed by atoms with E-state index in [4.69, 9.17) is 10.7 Å². The molecule has 2 N–H and O–H groups in total. The summed E-state index contributed by atoms with van der Waals surface area (Å²) in [6.07, 6.45) is 5.05. The molecule has 0 bridgehead atoms. The van der Waals surface area contributed by atoms with Crippen molar-refractivity contribution in [1.29, 1.82) is 0 Å². The van der Waals surface area contributed by atoms with Crippen LogP contribution in [0.1, 0.15) is 55.7 Å². The molecule has 0 saturated heterocycles. The Morgan fingerprint density at radius 1 is 1.20 bits per heavy atom. The molecule has 0 radical (unpaired) electrons. The summed E-state index contributed by atoms with van der Waals surface area (Å²) in [4.78, 5) is 16.1. The van der Waals surface area contributed by atoms with Crippen LogP contribution in [0.4, 0.5) is 5.69 Å².